The number of anilines is 1. The van der Waals surface area contributed by atoms with E-state index in [0.29, 0.717) is 17.6 Å². The lowest BCUT2D eigenvalue weighted by Crippen LogP contribution is -2.43. The Kier molecular flexibility index (Phi) is 5.22. The standard InChI is InChI=1S/C17H19FN5O5P/c18-11-1-3-12(4-2-11)28-29(25,26)27-8-13-10(7-24)5-15(13)23-9-21-14-6-20-17(19)22-16(14)23/h1-4,6,9-10,13,15,24H,5,7-8H2,(H,25,26)(H2,19,20,22)/t10-,13-,15-/m1/s1. The summed E-state index contributed by atoms with van der Waals surface area (Å²) in [5.41, 5.74) is 6.77. The fourth-order valence-electron chi connectivity index (χ4n) is 3.47. The van der Waals surface area contributed by atoms with Crippen molar-refractivity contribution in [3.63, 3.8) is 0 Å². The van der Waals surface area contributed by atoms with E-state index in [1.54, 1.807) is 10.9 Å². The van der Waals surface area contributed by atoms with Crippen LogP contribution in [0.3, 0.4) is 0 Å². The van der Waals surface area contributed by atoms with Gasteiger partial charge in [0.1, 0.15) is 17.1 Å². The summed E-state index contributed by atoms with van der Waals surface area (Å²) < 4.78 is 37.1. The molecule has 1 fully saturated rings. The van der Waals surface area contributed by atoms with Crippen LogP contribution in [0.25, 0.3) is 11.2 Å². The van der Waals surface area contributed by atoms with E-state index in [1.165, 1.54) is 18.3 Å². The first kappa shape index (κ1) is 19.7. The van der Waals surface area contributed by atoms with Crippen molar-refractivity contribution in [2.75, 3.05) is 18.9 Å². The Morgan fingerprint density at radius 2 is 2.07 bits per heavy atom. The van der Waals surface area contributed by atoms with E-state index in [4.69, 9.17) is 14.8 Å². The Morgan fingerprint density at radius 1 is 1.31 bits per heavy atom. The van der Waals surface area contributed by atoms with E-state index in [1.807, 2.05) is 0 Å². The Hall–Kier alpha value is -2.59. The third kappa shape index (κ3) is 4.08. The van der Waals surface area contributed by atoms with Crippen LogP contribution in [0.1, 0.15) is 12.5 Å². The van der Waals surface area contributed by atoms with Gasteiger partial charge >= 0.3 is 7.82 Å². The first-order valence-electron chi connectivity index (χ1n) is 8.84. The van der Waals surface area contributed by atoms with Gasteiger partial charge < -0.3 is 19.9 Å². The maximum absolute atomic E-state index is 13.0. The first-order chi connectivity index (χ1) is 13.9. The topological polar surface area (TPSA) is 146 Å². The molecule has 3 aromatic rings. The highest BCUT2D eigenvalue weighted by Gasteiger charge is 2.44. The van der Waals surface area contributed by atoms with Crippen LogP contribution in [0.4, 0.5) is 10.3 Å². The molecule has 0 bridgehead atoms. The zero-order valence-corrected chi connectivity index (χ0v) is 16.0. The quantitative estimate of drug-likeness (QED) is 0.485. The number of hydrogen-bond acceptors (Lipinski definition) is 8. The maximum Gasteiger partial charge on any atom is 0.527 e. The third-order valence-corrected chi connectivity index (χ3v) is 5.95. The fraction of sp³-hybridized carbons (Fsp3) is 0.353. The molecule has 2 aromatic heterocycles. The lowest BCUT2D eigenvalue weighted by atomic mass is 9.70. The smallest absolute Gasteiger partial charge is 0.404 e. The Bertz CT molecular complexity index is 1060. The molecule has 0 amide bonds. The van der Waals surface area contributed by atoms with Crippen LogP contribution in [0.2, 0.25) is 0 Å². The molecular formula is C17H19FN5O5P. The van der Waals surface area contributed by atoms with Crippen molar-refractivity contribution in [2.24, 2.45) is 11.8 Å². The van der Waals surface area contributed by atoms with Crippen molar-refractivity contribution in [1.29, 1.82) is 0 Å². The molecule has 1 aromatic carbocycles. The SMILES string of the molecule is Nc1ncc2ncn([C@@H]3C[C@H](CO)[C@H]3COP(=O)(O)Oc3ccc(F)cc3)c2n1. The Morgan fingerprint density at radius 3 is 2.79 bits per heavy atom. The molecule has 1 aliphatic rings. The van der Waals surface area contributed by atoms with Crippen LogP contribution < -0.4 is 10.3 Å². The van der Waals surface area contributed by atoms with E-state index < -0.39 is 13.6 Å². The number of nitrogens with zero attached hydrogens (tertiary/aromatic N) is 4. The third-order valence-electron chi connectivity index (χ3n) is 5.03. The second-order valence-corrected chi connectivity index (χ2v) is 8.19. The van der Waals surface area contributed by atoms with E-state index in [0.717, 1.165) is 12.1 Å². The minimum absolute atomic E-state index is 0.00822. The van der Waals surface area contributed by atoms with Crippen LogP contribution in [0.15, 0.2) is 36.8 Å². The van der Waals surface area contributed by atoms with Crippen LogP contribution in [0, 0.1) is 17.7 Å². The summed E-state index contributed by atoms with van der Waals surface area (Å²) in [6, 6.07) is 4.52. The van der Waals surface area contributed by atoms with Gasteiger partial charge in [0.15, 0.2) is 5.65 Å². The summed E-state index contributed by atoms with van der Waals surface area (Å²) >= 11 is 0. The maximum atomic E-state index is 13.0. The molecule has 2 heterocycles. The van der Waals surface area contributed by atoms with Gasteiger partial charge in [0.25, 0.3) is 0 Å². The summed E-state index contributed by atoms with van der Waals surface area (Å²) in [4.78, 5) is 22.3. The summed E-state index contributed by atoms with van der Waals surface area (Å²) in [6.07, 6.45) is 3.73. The van der Waals surface area contributed by atoms with E-state index in [-0.39, 0.29) is 42.8 Å². The number of rotatable bonds is 7. The number of phosphoric acid groups is 1. The second kappa shape index (κ2) is 7.68. The molecule has 12 heteroatoms. The van der Waals surface area contributed by atoms with Gasteiger partial charge in [-0.25, -0.2) is 18.9 Å². The van der Waals surface area contributed by atoms with Crippen LogP contribution in [-0.4, -0.2) is 42.7 Å². The molecule has 4 atom stereocenters. The van der Waals surface area contributed by atoms with Crippen molar-refractivity contribution < 1.29 is 28.0 Å². The first-order valence-corrected chi connectivity index (χ1v) is 10.3. The average molecular weight is 423 g/mol. The van der Waals surface area contributed by atoms with Crippen LogP contribution in [-0.2, 0) is 9.09 Å². The van der Waals surface area contributed by atoms with E-state index >= 15 is 0 Å². The summed E-state index contributed by atoms with van der Waals surface area (Å²) in [5, 5.41) is 9.60. The minimum atomic E-state index is -4.43. The number of phosphoric ester groups is 1. The Labute approximate surface area is 164 Å². The number of fused-ring (bicyclic) bond motifs is 1. The second-order valence-electron chi connectivity index (χ2n) is 6.81. The fourth-order valence-corrected chi connectivity index (χ4v) is 4.27. The minimum Gasteiger partial charge on any atom is -0.404 e. The Balaban J connectivity index is 1.47. The van der Waals surface area contributed by atoms with E-state index in [2.05, 4.69) is 15.0 Å². The van der Waals surface area contributed by atoms with Crippen molar-refractivity contribution in [2.45, 2.75) is 12.5 Å². The zero-order valence-electron chi connectivity index (χ0n) is 15.1. The number of nitrogens with two attached hydrogens (primary N) is 1. The number of aliphatic hydroxyl groups excluding tert-OH is 1. The molecule has 10 nitrogen and oxygen atoms in total. The molecule has 4 N–H and O–H groups in total. The molecule has 4 rings (SSSR count). The van der Waals surface area contributed by atoms with Gasteiger partial charge in [-0.3, -0.25) is 9.42 Å². The highest BCUT2D eigenvalue weighted by atomic mass is 31.2. The predicted octanol–water partition coefficient (Wildman–Crippen LogP) is 1.91. The predicted molar refractivity (Wildman–Crippen MR) is 100 cm³/mol. The highest BCUT2D eigenvalue weighted by Crippen LogP contribution is 2.50. The molecule has 154 valence electrons. The number of halogens is 1. The normalized spacial score (nSPS) is 23.5. The monoisotopic (exact) mass is 423 g/mol. The molecule has 29 heavy (non-hydrogen) atoms. The molecule has 1 aliphatic carbocycles. The summed E-state index contributed by atoms with van der Waals surface area (Å²) in [7, 11) is -4.43. The van der Waals surface area contributed by atoms with Gasteiger partial charge in [0, 0.05) is 18.6 Å². The number of nitrogen functional groups attached to an aromatic ring is 1. The number of hydrogen-bond donors (Lipinski definition) is 3. The highest BCUT2D eigenvalue weighted by molar-refractivity contribution is 7.47. The number of benzene rings is 1. The zero-order chi connectivity index (χ0) is 20.6. The number of aromatic nitrogens is 4. The van der Waals surface area contributed by atoms with Gasteiger partial charge in [-0.1, -0.05) is 0 Å². The van der Waals surface area contributed by atoms with E-state index in [9.17, 15) is 19.0 Å². The summed E-state index contributed by atoms with van der Waals surface area (Å²) in [5.74, 6) is -0.772. The molecule has 0 saturated heterocycles. The summed E-state index contributed by atoms with van der Waals surface area (Å²) in [6.45, 7) is -0.228. The van der Waals surface area contributed by atoms with Gasteiger partial charge in [-0.2, -0.15) is 4.98 Å². The van der Waals surface area contributed by atoms with Crippen LogP contribution in [0.5, 0.6) is 5.75 Å². The lowest BCUT2D eigenvalue weighted by Gasteiger charge is -2.44. The van der Waals surface area contributed by atoms with Gasteiger partial charge in [0.2, 0.25) is 5.95 Å². The van der Waals surface area contributed by atoms with Crippen molar-refractivity contribution >= 4 is 24.9 Å². The van der Waals surface area contributed by atoms with Gasteiger partial charge in [0.05, 0.1) is 19.1 Å². The van der Waals surface area contributed by atoms with Crippen molar-refractivity contribution in [3.05, 3.63) is 42.6 Å². The van der Waals surface area contributed by atoms with Crippen molar-refractivity contribution in [3.8, 4) is 5.75 Å². The molecule has 1 saturated carbocycles. The molecule has 0 spiro atoms. The molecular weight excluding hydrogens is 404 g/mol. The number of aliphatic hydroxyl groups is 1. The largest absolute Gasteiger partial charge is 0.527 e. The molecule has 1 unspecified atom stereocenters. The molecule has 0 radical (unpaired) electrons. The molecule has 0 aliphatic heterocycles. The van der Waals surface area contributed by atoms with Crippen LogP contribution >= 0.6 is 7.82 Å². The van der Waals surface area contributed by atoms with Gasteiger partial charge in [-0.15, -0.1) is 0 Å². The average Bonchev–Trinajstić information content (AvgIpc) is 3.06. The number of imidazole rings is 1. The van der Waals surface area contributed by atoms with Gasteiger partial charge in [-0.05, 0) is 36.6 Å². The lowest BCUT2D eigenvalue weighted by molar-refractivity contribution is -0.00476. The van der Waals surface area contributed by atoms with Crippen molar-refractivity contribution in [1.82, 2.24) is 19.5 Å².